The lowest BCUT2D eigenvalue weighted by atomic mass is 10.0. The number of carbonyl (C=O) groups excluding carboxylic acids is 1. The van der Waals surface area contributed by atoms with Crippen LogP contribution >= 0.6 is 0 Å². The minimum atomic E-state index is -0.594. The lowest BCUT2D eigenvalue weighted by Crippen LogP contribution is -2.20. The Morgan fingerprint density at radius 2 is 1.85 bits per heavy atom. The number of para-hydroxylation sites is 1. The molecule has 0 radical (unpaired) electrons. The van der Waals surface area contributed by atoms with E-state index in [0.717, 1.165) is 22.4 Å². The van der Waals surface area contributed by atoms with Gasteiger partial charge in [-0.25, -0.2) is 4.98 Å². The highest BCUT2D eigenvalue weighted by molar-refractivity contribution is 5.87. The van der Waals surface area contributed by atoms with Crippen LogP contribution in [0.25, 0.3) is 16.9 Å². The highest BCUT2D eigenvalue weighted by atomic mass is 16.5. The van der Waals surface area contributed by atoms with Crippen molar-refractivity contribution in [1.82, 2.24) is 9.38 Å². The van der Waals surface area contributed by atoms with Crippen LogP contribution in [-0.4, -0.2) is 34.1 Å². The van der Waals surface area contributed by atoms with Crippen LogP contribution in [0.15, 0.2) is 48.7 Å². The van der Waals surface area contributed by atoms with Gasteiger partial charge in [-0.1, -0.05) is 18.2 Å². The van der Waals surface area contributed by atoms with Gasteiger partial charge in [-0.15, -0.1) is 0 Å². The number of hydrogen-bond acceptors (Lipinski definition) is 6. The molecule has 2 heterocycles. The molecule has 8 nitrogen and oxygen atoms in total. The highest BCUT2D eigenvalue weighted by Gasteiger charge is 2.23. The molecule has 1 amide bonds. The van der Waals surface area contributed by atoms with E-state index in [1.165, 1.54) is 0 Å². The van der Waals surface area contributed by atoms with E-state index in [9.17, 15) is 9.90 Å². The van der Waals surface area contributed by atoms with Crippen LogP contribution in [-0.2, 0) is 4.79 Å². The van der Waals surface area contributed by atoms with E-state index in [1.54, 1.807) is 29.7 Å². The Balaban J connectivity index is 1.99. The molecule has 8 heteroatoms. The minimum absolute atomic E-state index is 0.0408. The average molecular weight is 447 g/mol. The maximum atomic E-state index is 11.4. The summed E-state index contributed by atoms with van der Waals surface area (Å²) < 4.78 is 12.9. The molecule has 33 heavy (non-hydrogen) atoms. The molecule has 0 fully saturated rings. The molecule has 0 aliphatic heterocycles. The van der Waals surface area contributed by atoms with Gasteiger partial charge >= 0.3 is 0 Å². The van der Waals surface area contributed by atoms with Crippen molar-refractivity contribution in [1.29, 1.82) is 0 Å². The third kappa shape index (κ3) is 4.15. The molecule has 2 aromatic carbocycles. The second kappa shape index (κ2) is 8.74. The van der Waals surface area contributed by atoms with Crippen molar-refractivity contribution in [2.45, 2.75) is 20.8 Å². The first kappa shape index (κ1) is 22.0. The number of aromatic nitrogens is 2. The Bertz CT molecular complexity index is 1340. The Labute approximate surface area is 191 Å². The molecule has 4 rings (SSSR count). The number of imidazole rings is 1. The first-order valence-corrected chi connectivity index (χ1v) is 10.4. The molecular weight excluding hydrogens is 420 g/mol. The van der Waals surface area contributed by atoms with Crippen molar-refractivity contribution >= 4 is 23.1 Å². The van der Waals surface area contributed by atoms with E-state index in [1.807, 2.05) is 51.2 Å². The molecule has 4 N–H and O–H groups in total. The van der Waals surface area contributed by atoms with E-state index in [0.29, 0.717) is 34.2 Å². The number of nitrogens with two attached hydrogens (primary N) is 1. The SMILES string of the molecule is COc1cc(C)c(-c2nc3c(O)cccn3c2Nc2c(C)cccc2C)c(OCC(N)=O)c1. The van der Waals surface area contributed by atoms with Crippen molar-refractivity contribution in [3.05, 3.63) is 65.4 Å². The number of methoxy groups -OCH3 is 1. The maximum absolute atomic E-state index is 11.4. The van der Waals surface area contributed by atoms with E-state index in [-0.39, 0.29) is 12.4 Å². The van der Waals surface area contributed by atoms with Crippen molar-refractivity contribution in [3.63, 3.8) is 0 Å². The Morgan fingerprint density at radius 1 is 1.12 bits per heavy atom. The fourth-order valence-electron chi connectivity index (χ4n) is 3.88. The predicted octanol–water partition coefficient (Wildman–Crippen LogP) is 4.25. The number of benzene rings is 2. The third-order valence-corrected chi connectivity index (χ3v) is 5.47. The molecule has 0 spiro atoms. The number of primary amides is 1. The van der Waals surface area contributed by atoms with Crippen LogP contribution in [0.2, 0.25) is 0 Å². The van der Waals surface area contributed by atoms with Crippen molar-refractivity contribution < 1.29 is 19.4 Å². The van der Waals surface area contributed by atoms with Gasteiger partial charge in [0.25, 0.3) is 5.91 Å². The third-order valence-electron chi connectivity index (χ3n) is 5.47. The molecule has 0 bridgehead atoms. The molecule has 0 aliphatic rings. The zero-order valence-electron chi connectivity index (χ0n) is 19.0. The number of carbonyl (C=O) groups is 1. The molecule has 0 aliphatic carbocycles. The molecular formula is C25H26N4O4. The second-order valence-electron chi connectivity index (χ2n) is 7.86. The molecule has 170 valence electrons. The number of aromatic hydroxyl groups is 1. The Hall–Kier alpha value is -4.20. The summed E-state index contributed by atoms with van der Waals surface area (Å²) in [7, 11) is 1.56. The molecule has 2 aromatic heterocycles. The van der Waals surface area contributed by atoms with Crippen LogP contribution in [0, 0.1) is 20.8 Å². The molecule has 0 saturated carbocycles. The van der Waals surface area contributed by atoms with Crippen LogP contribution < -0.4 is 20.5 Å². The van der Waals surface area contributed by atoms with Gasteiger partial charge in [-0.2, -0.15) is 0 Å². The van der Waals surface area contributed by atoms with Crippen LogP contribution in [0.1, 0.15) is 16.7 Å². The summed E-state index contributed by atoms with van der Waals surface area (Å²) in [6.45, 7) is 5.66. The summed E-state index contributed by atoms with van der Waals surface area (Å²) in [4.78, 5) is 16.2. The fraction of sp³-hybridized carbons (Fsp3) is 0.200. The van der Waals surface area contributed by atoms with E-state index in [4.69, 9.17) is 20.2 Å². The maximum Gasteiger partial charge on any atom is 0.255 e. The van der Waals surface area contributed by atoms with E-state index in [2.05, 4.69) is 5.32 Å². The van der Waals surface area contributed by atoms with Crippen molar-refractivity contribution in [2.75, 3.05) is 19.0 Å². The van der Waals surface area contributed by atoms with Gasteiger partial charge in [0.15, 0.2) is 18.0 Å². The Morgan fingerprint density at radius 3 is 2.52 bits per heavy atom. The Kier molecular flexibility index (Phi) is 5.83. The van der Waals surface area contributed by atoms with Gasteiger partial charge in [0.2, 0.25) is 0 Å². The summed E-state index contributed by atoms with van der Waals surface area (Å²) in [6, 6.07) is 12.9. The smallest absolute Gasteiger partial charge is 0.255 e. The first-order chi connectivity index (χ1) is 15.8. The van der Waals surface area contributed by atoms with Gasteiger partial charge in [0.1, 0.15) is 23.0 Å². The summed E-state index contributed by atoms with van der Waals surface area (Å²) in [5.74, 6) is 1.07. The number of anilines is 2. The van der Waals surface area contributed by atoms with Gasteiger partial charge in [-0.3, -0.25) is 9.20 Å². The van der Waals surface area contributed by atoms with Crippen molar-refractivity contribution in [3.8, 4) is 28.5 Å². The zero-order chi connectivity index (χ0) is 23.7. The average Bonchev–Trinajstić information content (AvgIpc) is 3.13. The monoisotopic (exact) mass is 446 g/mol. The number of rotatable bonds is 7. The molecule has 4 aromatic rings. The fourth-order valence-corrected chi connectivity index (χ4v) is 3.88. The first-order valence-electron chi connectivity index (χ1n) is 10.4. The van der Waals surface area contributed by atoms with E-state index < -0.39 is 5.91 Å². The number of amides is 1. The van der Waals surface area contributed by atoms with Gasteiger partial charge in [-0.05, 0) is 55.7 Å². The summed E-state index contributed by atoms with van der Waals surface area (Å²) >= 11 is 0. The standard InChI is InChI=1S/C25H26N4O4/c1-14-7-5-8-15(2)22(14)27-25-23(28-24-18(30)9-6-10-29(24)25)21-16(3)11-17(32-4)12-19(21)33-13-20(26)31/h5-12,27,30H,13H2,1-4H3,(H2,26,31). The molecule has 0 atom stereocenters. The van der Waals surface area contributed by atoms with Crippen LogP contribution in [0.5, 0.6) is 17.2 Å². The van der Waals surface area contributed by atoms with Crippen LogP contribution in [0.4, 0.5) is 11.5 Å². The second-order valence-corrected chi connectivity index (χ2v) is 7.86. The molecule has 0 unspecified atom stereocenters. The number of nitrogens with zero attached hydrogens (tertiary/aromatic N) is 2. The topological polar surface area (TPSA) is 111 Å². The van der Waals surface area contributed by atoms with Crippen LogP contribution in [0.3, 0.4) is 0 Å². The largest absolute Gasteiger partial charge is 0.504 e. The highest BCUT2D eigenvalue weighted by Crippen LogP contribution is 2.42. The van der Waals surface area contributed by atoms with Gasteiger partial charge in [0.05, 0.1) is 7.11 Å². The summed E-state index contributed by atoms with van der Waals surface area (Å²) in [5, 5.41) is 14.0. The quantitative estimate of drug-likeness (QED) is 0.391. The number of pyridine rings is 1. The number of nitrogens with one attached hydrogen (secondary N) is 1. The normalized spacial score (nSPS) is 10.9. The lowest BCUT2D eigenvalue weighted by molar-refractivity contribution is -0.119. The number of ether oxygens (including phenoxy) is 2. The van der Waals surface area contributed by atoms with Gasteiger partial charge < -0.3 is 25.6 Å². The summed E-state index contributed by atoms with van der Waals surface area (Å²) in [5.41, 5.74) is 10.8. The minimum Gasteiger partial charge on any atom is -0.504 e. The van der Waals surface area contributed by atoms with Gasteiger partial charge in [0, 0.05) is 23.5 Å². The number of fused-ring (bicyclic) bond motifs is 1. The summed E-state index contributed by atoms with van der Waals surface area (Å²) in [6.07, 6.45) is 1.82. The van der Waals surface area contributed by atoms with E-state index >= 15 is 0 Å². The zero-order valence-corrected chi connectivity index (χ0v) is 19.0. The molecule has 0 saturated heterocycles. The van der Waals surface area contributed by atoms with Crippen molar-refractivity contribution in [2.24, 2.45) is 5.73 Å². The number of hydrogen-bond donors (Lipinski definition) is 3. The number of aryl methyl sites for hydroxylation is 3. The lowest BCUT2D eigenvalue weighted by Gasteiger charge is -2.17. The predicted molar refractivity (Wildman–Crippen MR) is 127 cm³/mol.